The minimum atomic E-state index is -1.55. The van der Waals surface area contributed by atoms with Crippen LogP contribution in [0.5, 0.6) is 0 Å². The summed E-state index contributed by atoms with van der Waals surface area (Å²) in [5.41, 5.74) is 0.404. The van der Waals surface area contributed by atoms with Crippen molar-refractivity contribution in [3.05, 3.63) is 66.0 Å². The van der Waals surface area contributed by atoms with Crippen LogP contribution in [0, 0.1) is 5.92 Å². The number of benzene rings is 1. The Morgan fingerprint density at radius 1 is 1.10 bits per heavy atom. The van der Waals surface area contributed by atoms with Crippen LogP contribution in [0.1, 0.15) is 49.7 Å². The average Bonchev–Trinajstić information content (AvgIpc) is 3.34. The Kier molecular flexibility index (Phi) is 6.73. The van der Waals surface area contributed by atoms with Gasteiger partial charge in [-0.05, 0) is 42.5 Å². The number of carbonyl (C=O) groups is 1. The second-order valence-corrected chi connectivity index (χ2v) is 9.64. The van der Waals surface area contributed by atoms with Crippen molar-refractivity contribution >= 4 is 5.97 Å². The van der Waals surface area contributed by atoms with Crippen molar-refractivity contribution in [3.8, 4) is 0 Å². The summed E-state index contributed by atoms with van der Waals surface area (Å²) in [5.74, 6) is -0.531. The summed E-state index contributed by atoms with van der Waals surface area (Å²) in [6.45, 7) is 2.89. The van der Waals surface area contributed by atoms with Gasteiger partial charge in [-0.15, -0.1) is 0 Å². The summed E-state index contributed by atoms with van der Waals surface area (Å²) < 4.78 is 6.94. The number of ether oxygens (including phenoxy) is 1. The van der Waals surface area contributed by atoms with Crippen LogP contribution in [-0.2, 0) is 21.6 Å². The SMILES string of the molecule is C[N+]1(CCc2ccncc2)CCC[C@@H](OC(=O)C(O)(c2ccccc2)C2CCCC2)C1. The van der Waals surface area contributed by atoms with Gasteiger partial charge in [0.15, 0.2) is 11.7 Å². The van der Waals surface area contributed by atoms with E-state index in [0.717, 1.165) is 69.1 Å². The Bertz CT molecular complexity index is 853. The number of rotatable bonds is 7. The number of quaternary nitrogens is 1. The molecular weight excluding hydrogens is 388 g/mol. The number of aromatic nitrogens is 1. The van der Waals surface area contributed by atoms with Gasteiger partial charge in [0.05, 0.1) is 20.1 Å². The molecule has 1 saturated heterocycles. The van der Waals surface area contributed by atoms with E-state index in [1.807, 2.05) is 42.7 Å². The maximum atomic E-state index is 13.4. The third-order valence-corrected chi connectivity index (χ3v) is 7.30. The lowest BCUT2D eigenvalue weighted by Gasteiger charge is -2.42. The van der Waals surface area contributed by atoms with E-state index in [0.29, 0.717) is 5.56 Å². The number of piperidine rings is 1. The van der Waals surface area contributed by atoms with E-state index in [-0.39, 0.29) is 12.0 Å². The molecule has 5 nitrogen and oxygen atoms in total. The Balaban J connectivity index is 1.44. The van der Waals surface area contributed by atoms with E-state index in [9.17, 15) is 9.90 Å². The first kappa shape index (κ1) is 22.0. The second kappa shape index (κ2) is 9.49. The zero-order chi connectivity index (χ0) is 21.7. The summed E-state index contributed by atoms with van der Waals surface area (Å²) in [6, 6.07) is 13.5. The molecule has 0 bridgehead atoms. The quantitative estimate of drug-likeness (QED) is 0.543. The molecule has 1 N–H and O–H groups in total. The number of hydrogen-bond acceptors (Lipinski definition) is 4. The van der Waals surface area contributed by atoms with Crippen molar-refractivity contribution in [3.63, 3.8) is 0 Å². The maximum Gasteiger partial charge on any atom is 0.343 e. The fraction of sp³-hybridized carbons (Fsp3) is 0.538. The molecule has 2 aliphatic rings. The van der Waals surface area contributed by atoms with E-state index < -0.39 is 11.6 Å². The standard InChI is InChI=1S/C26H35N2O3/c1-28(19-15-21-13-16-27-17-14-21)18-7-12-24(20-28)31-25(29)26(30,23-10-5-6-11-23)22-8-3-2-4-9-22/h2-4,8-9,13-14,16-17,23-24,30H,5-7,10-12,15,18-20H2,1H3/q+1/t24-,26?,28?/m1/s1. The van der Waals surface area contributed by atoms with Crippen molar-refractivity contribution in [1.29, 1.82) is 0 Å². The minimum absolute atomic E-state index is 0.0708. The van der Waals surface area contributed by atoms with E-state index in [1.165, 1.54) is 5.56 Å². The van der Waals surface area contributed by atoms with Crippen LogP contribution in [0.15, 0.2) is 54.9 Å². The molecule has 2 aromatic rings. The summed E-state index contributed by atoms with van der Waals surface area (Å²) in [5, 5.41) is 11.7. The topological polar surface area (TPSA) is 59.4 Å². The lowest BCUT2D eigenvalue weighted by atomic mass is 9.80. The minimum Gasteiger partial charge on any atom is -0.454 e. The smallest absolute Gasteiger partial charge is 0.343 e. The summed E-state index contributed by atoms with van der Waals surface area (Å²) in [7, 11) is 2.25. The van der Waals surface area contributed by atoms with Gasteiger partial charge in [0.2, 0.25) is 0 Å². The molecule has 1 aliphatic heterocycles. The molecule has 3 atom stereocenters. The molecule has 1 aromatic carbocycles. The molecule has 1 aliphatic carbocycles. The number of likely N-dealkylation sites (tertiary alicyclic amines) is 1. The highest BCUT2D eigenvalue weighted by Crippen LogP contribution is 2.42. The van der Waals surface area contributed by atoms with Gasteiger partial charge in [0, 0.05) is 31.2 Å². The molecule has 2 unspecified atom stereocenters. The van der Waals surface area contributed by atoms with E-state index >= 15 is 0 Å². The average molecular weight is 424 g/mol. The van der Waals surface area contributed by atoms with Gasteiger partial charge >= 0.3 is 5.97 Å². The largest absolute Gasteiger partial charge is 0.454 e. The third-order valence-electron chi connectivity index (χ3n) is 7.30. The van der Waals surface area contributed by atoms with E-state index in [2.05, 4.69) is 24.2 Å². The molecule has 166 valence electrons. The van der Waals surface area contributed by atoms with E-state index in [1.54, 1.807) is 0 Å². The van der Waals surface area contributed by atoms with Gasteiger partial charge in [-0.3, -0.25) is 4.98 Å². The number of aliphatic hydroxyl groups is 1. The van der Waals surface area contributed by atoms with Crippen LogP contribution >= 0.6 is 0 Å². The van der Waals surface area contributed by atoms with Crippen LogP contribution < -0.4 is 0 Å². The first-order valence-electron chi connectivity index (χ1n) is 11.7. The Morgan fingerprint density at radius 2 is 1.81 bits per heavy atom. The van der Waals surface area contributed by atoms with Gasteiger partial charge < -0.3 is 14.3 Å². The maximum absolute atomic E-state index is 13.4. The molecule has 1 aromatic heterocycles. The predicted octanol–water partition coefficient (Wildman–Crippen LogP) is 3.85. The van der Waals surface area contributed by atoms with Crippen LogP contribution in [-0.4, -0.2) is 53.3 Å². The highest BCUT2D eigenvalue weighted by Gasteiger charge is 2.49. The second-order valence-electron chi connectivity index (χ2n) is 9.64. The number of carbonyl (C=O) groups excluding carboxylic acids is 1. The van der Waals surface area contributed by atoms with Gasteiger partial charge in [-0.25, -0.2) is 4.79 Å². The van der Waals surface area contributed by atoms with Crippen LogP contribution in [0.4, 0.5) is 0 Å². The first-order chi connectivity index (χ1) is 15.0. The van der Waals surface area contributed by atoms with Crippen molar-refractivity contribution in [2.45, 2.75) is 56.7 Å². The summed E-state index contributed by atoms with van der Waals surface area (Å²) in [6.07, 6.45) is 10.2. The molecule has 0 spiro atoms. The summed E-state index contributed by atoms with van der Waals surface area (Å²) >= 11 is 0. The van der Waals surface area contributed by atoms with Gasteiger partial charge in [-0.1, -0.05) is 43.2 Å². The van der Waals surface area contributed by atoms with Crippen molar-refractivity contribution < 1.29 is 19.1 Å². The fourth-order valence-electron chi connectivity index (χ4n) is 5.42. The molecule has 5 heteroatoms. The number of hydrogen-bond donors (Lipinski definition) is 1. The zero-order valence-electron chi connectivity index (χ0n) is 18.6. The molecule has 0 radical (unpaired) electrons. The molecule has 4 rings (SSSR count). The first-order valence-corrected chi connectivity index (χ1v) is 11.7. The molecule has 1 saturated carbocycles. The van der Waals surface area contributed by atoms with Crippen LogP contribution in [0.25, 0.3) is 0 Å². The zero-order valence-corrected chi connectivity index (χ0v) is 18.6. The lowest BCUT2D eigenvalue weighted by Crippen LogP contribution is -2.56. The molecule has 2 fully saturated rings. The molecular formula is C26H35N2O3+. The van der Waals surface area contributed by atoms with Crippen molar-refractivity contribution in [1.82, 2.24) is 4.98 Å². The van der Waals surface area contributed by atoms with Crippen LogP contribution in [0.3, 0.4) is 0 Å². The summed E-state index contributed by atoms with van der Waals surface area (Å²) in [4.78, 5) is 17.5. The van der Waals surface area contributed by atoms with Crippen molar-refractivity contribution in [2.75, 3.05) is 26.7 Å². The number of pyridine rings is 1. The Labute approximate surface area is 185 Å². The van der Waals surface area contributed by atoms with E-state index in [4.69, 9.17) is 4.74 Å². The van der Waals surface area contributed by atoms with Gasteiger partial charge in [-0.2, -0.15) is 0 Å². The molecule has 2 heterocycles. The Morgan fingerprint density at radius 3 is 2.52 bits per heavy atom. The fourth-order valence-corrected chi connectivity index (χ4v) is 5.42. The van der Waals surface area contributed by atoms with Crippen LogP contribution in [0.2, 0.25) is 0 Å². The predicted molar refractivity (Wildman–Crippen MR) is 120 cm³/mol. The normalized spacial score (nSPS) is 26.3. The monoisotopic (exact) mass is 423 g/mol. The number of nitrogens with zero attached hydrogens (tertiary/aromatic N) is 2. The molecule has 0 amide bonds. The number of esters is 1. The third kappa shape index (κ3) is 4.99. The Hall–Kier alpha value is -2.24. The van der Waals surface area contributed by atoms with Gasteiger partial charge in [0.25, 0.3) is 0 Å². The number of likely N-dealkylation sites (N-methyl/N-ethyl adjacent to an activating group) is 1. The highest BCUT2D eigenvalue weighted by molar-refractivity contribution is 5.81. The lowest BCUT2D eigenvalue weighted by molar-refractivity contribution is -0.916. The van der Waals surface area contributed by atoms with Crippen molar-refractivity contribution in [2.24, 2.45) is 5.92 Å². The highest BCUT2D eigenvalue weighted by atomic mass is 16.6. The molecule has 31 heavy (non-hydrogen) atoms. The van der Waals surface area contributed by atoms with Gasteiger partial charge in [0.1, 0.15) is 6.54 Å².